The van der Waals surface area contributed by atoms with E-state index in [1.54, 1.807) is 24.5 Å². The van der Waals surface area contributed by atoms with Crippen molar-refractivity contribution in [3.8, 4) is 5.69 Å². The first-order chi connectivity index (χ1) is 16.6. The maximum absolute atomic E-state index is 13.6. The Hall–Kier alpha value is -3.93. The monoisotopic (exact) mass is 489 g/mol. The Kier molecular flexibility index (Phi) is 6.74. The third kappa shape index (κ3) is 5.27. The van der Waals surface area contributed by atoms with E-state index >= 15 is 0 Å². The van der Waals surface area contributed by atoms with Crippen LogP contribution in [0.5, 0.6) is 0 Å². The maximum Gasteiger partial charge on any atom is 0.418 e. The molecule has 0 aliphatic heterocycles. The number of aromatic carboxylic acids is 1. The second kappa shape index (κ2) is 9.74. The molecule has 4 aromatic rings. The Morgan fingerprint density at radius 3 is 2.63 bits per heavy atom. The first kappa shape index (κ1) is 24.2. The normalized spacial score (nSPS) is 11.9. The number of aromatic nitrogens is 5. The Balaban J connectivity index is 1.49. The average Bonchev–Trinajstić information content (AvgIpc) is 3.37. The molecule has 1 aromatic carbocycles. The maximum atomic E-state index is 13.6. The number of ether oxygens (including phenoxy) is 1. The average molecular weight is 489 g/mol. The highest BCUT2D eigenvalue weighted by Gasteiger charge is 2.35. The minimum absolute atomic E-state index is 0.364. The molecule has 0 amide bonds. The fourth-order valence-corrected chi connectivity index (χ4v) is 3.74. The molecule has 1 N–H and O–H groups in total. The number of halogens is 3. The number of alkyl halides is 3. The van der Waals surface area contributed by atoms with Crippen molar-refractivity contribution in [3.05, 3.63) is 82.1 Å². The van der Waals surface area contributed by atoms with Crippen LogP contribution in [0.2, 0.25) is 0 Å². The molecule has 184 valence electrons. The fraction of sp³-hybridized carbons (Fsp3) is 0.304. The molecule has 0 bridgehead atoms. The lowest BCUT2D eigenvalue weighted by molar-refractivity contribution is -0.136. The third-order valence-electron chi connectivity index (χ3n) is 5.54. The molecule has 0 atom stereocenters. The summed E-state index contributed by atoms with van der Waals surface area (Å²) in [4.78, 5) is 24.2. The molecule has 0 spiro atoms. The number of carbonyl (C=O) groups is 1. The summed E-state index contributed by atoms with van der Waals surface area (Å²) < 4.78 is 50.0. The highest BCUT2D eigenvalue weighted by molar-refractivity contribution is 5.88. The number of carboxylic acids is 1. The SMILES string of the molecule is Cn1cnnc1CCCOCCc1cccc(-n2cc3c(C(F)(F)F)cc(C(=O)O)cn3c2=O)c1. The van der Waals surface area contributed by atoms with Crippen molar-refractivity contribution in [2.75, 3.05) is 13.2 Å². The van der Waals surface area contributed by atoms with E-state index in [1.807, 2.05) is 17.7 Å². The number of aryl methyl sites for hydroxylation is 2. The van der Waals surface area contributed by atoms with Gasteiger partial charge in [-0.1, -0.05) is 12.1 Å². The topological polar surface area (TPSA) is 104 Å². The number of imidazole rings is 1. The molecule has 35 heavy (non-hydrogen) atoms. The lowest BCUT2D eigenvalue weighted by Gasteiger charge is -2.09. The first-order valence-electron chi connectivity index (χ1n) is 10.7. The number of pyridine rings is 1. The molecule has 0 aliphatic carbocycles. The summed E-state index contributed by atoms with van der Waals surface area (Å²) in [6.07, 6.45) is 0.819. The van der Waals surface area contributed by atoms with E-state index in [1.165, 1.54) is 0 Å². The molecular weight excluding hydrogens is 467 g/mol. The van der Waals surface area contributed by atoms with Crippen LogP contribution in [0.15, 0.2) is 53.8 Å². The summed E-state index contributed by atoms with van der Waals surface area (Å²) >= 11 is 0. The van der Waals surface area contributed by atoms with Crippen molar-refractivity contribution >= 4 is 11.5 Å². The van der Waals surface area contributed by atoms with Crippen molar-refractivity contribution in [2.24, 2.45) is 7.05 Å². The van der Waals surface area contributed by atoms with Crippen LogP contribution in [0.25, 0.3) is 11.2 Å². The second-order valence-corrected chi connectivity index (χ2v) is 7.98. The van der Waals surface area contributed by atoms with Gasteiger partial charge < -0.3 is 14.4 Å². The summed E-state index contributed by atoms with van der Waals surface area (Å²) in [7, 11) is 1.87. The number of hydrogen-bond donors (Lipinski definition) is 1. The predicted octanol–water partition coefficient (Wildman–Crippen LogP) is 3.13. The molecule has 3 heterocycles. The van der Waals surface area contributed by atoms with E-state index in [9.17, 15) is 27.9 Å². The van der Waals surface area contributed by atoms with Crippen LogP contribution in [0.4, 0.5) is 13.2 Å². The minimum atomic E-state index is -4.83. The minimum Gasteiger partial charge on any atom is -0.478 e. The van der Waals surface area contributed by atoms with Crippen LogP contribution in [0.1, 0.15) is 33.7 Å². The van der Waals surface area contributed by atoms with E-state index < -0.39 is 34.5 Å². The van der Waals surface area contributed by atoms with Crippen LogP contribution in [-0.4, -0.2) is 48.0 Å². The zero-order valence-corrected chi connectivity index (χ0v) is 18.7. The van der Waals surface area contributed by atoms with E-state index in [-0.39, 0.29) is 0 Å². The number of carboxylic acid groups (broad SMARTS) is 1. The van der Waals surface area contributed by atoms with Crippen LogP contribution in [0, 0.1) is 0 Å². The molecule has 4 rings (SSSR count). The van der Waals surface area contributed by atoms with Gasteiger partial charge in [-0.15, -0.1) is 10.2 Å². The fourth-order valence-electron chi connectivity index (χ4n) is 3.74. The van der Waals surface area contributed by atoms with Gasteiger partial charge in [0.1, 0.15) is 12.2 Å². The lowest BCUT2D eigenvalue weighted by atomic mass is 10.1. The highest BCUT2D eigenvalue weighted by atomic mass is 19.4. The molecule has 3 aromatic heterocycles. The van der Waals surface area contributed by atoms with Gasteiger partial charge in [0.2, 0.25) is 0 Å². The molecule has 0 radical (unpaired) electrons. The van der Waals surface area contributed by atoms with Crippen molar-refractivity contribution < 1.29 is 27.8 Å². The third-order valence-corrected chi connectivity index (χ3v) is 5.54. The van der Waals surface area contributed by atoms with Gasteiger partial charge in [0, 0.05) is 32.5 Å². The van der Waals surface area contributed by atoms with Crippen molar-refractivity contribution in [1.29, 1.82) is 0 Å². The van der Waals surface area contributed by atoms with E-state index in [2.05, 4.69) is 10.2 Å². The largest absolute Gasteiger partial charge is 0.478 e. The van der Waals surface area contributed by atoms with Gasteiger partial charge in [-0.05, 0) is 36.6 Å². The molecule has 0 saturated heterocycles. The van der Waals surface area contributed by atoms with Gasteiger partial charge in [-0.3, -0.25) is 8.97 Å². The van der Waals surface area contributed by atoms with Gasteiger partial charge in [0.25, 0.3) is 0 Å². The molecule has 0 aliphatic rings. The van der Waals surface area contributed by atoms with Gasteiger partial charge >= 0.3 is 17.8 Å². The van der Waals surface area contributed by atoms with Gasteiger partial charge in [0.05, 0.1) is 28.9 Å². The summed E-state index contributed by atoms with van der Waals surface area (Å²) in [5.41, 5.74) is -1.85. The number of benzene rings is 1. The molecule has 12 heteroatoms. The Morgan fingerprint density at radius 2 is 1.94 bits per heavy atom. The molecular formula is C23H22F3N5O4. The summed E-state index contributed by atoms with van der Waals surface area (Å²) in [6, 6.07) is 7.34. The van der Waals surface area contributed by atoms with E-state index in [4.69, 9.17) is 4.74 Å². The molecule has 0 unspecified atom stereocenters. The number of nitrogens with zero attached hydrogens (tertiary/aromatic N) is 5. The molecule has 9 nitrogen and oxygen atoms in total. The molecule has 0 saturated carbocycles. The lowest BCUT2D eigenvalue weighted by Crippen LogP contribution is -2.20. The van der Waals surface area contributed by atoms with Crippen molar-refractivity contribution in [1.82, 2.24) is 23.7 Å². The number of hydrogen-bond acceptors (Lipinski definition) is 5. The standard InChI is InChI=1S/C23H22F3N5O4/c1-29-14-27-28-20(29)6-3-8-35-9-7-15-4-2-5-17(10-15)30-13-19-18(23(24,25)26)11-16(21(32)33)12-31(19)22(30)34/h2,4-5,10-14H,3,6-9H2,1H3,(H,32,33). The predicted molar refractivity (Wildman–Crippen MR) is 119 cm³/mol. The summed E-state index contributed by atoms with van der Waals surface area (Å²) in [5.74, 6) is -0.688. The van der Waals surface area contributed by atoms with Crippen LogP contribution < -0.4 is 5.69 Å². The Morgan fingerprint density at radius 1 is 1.14 bits per heavy atom. The van der Waals surface area contributed by atoms with Gasteiger partial charge in [-0.25, -0.2) is 9.59 Å². The Bertz CT molecular complexity index is 1420. The number of rotatable bonds is 9. The van der Waals surface area contributed by atoms with Crippen molar-refractivity contribution in [2.45, 2.75) is 25.4 Å². The van der Waals surface area contributed by atoms with Crippen LogP contribution in [-0.2, 0) is 30.8 Å². The quantitative estimate of drug-likeness (QED) is 0.363. The number of fused-ring (bicyclic) bond motifs is 1. The van der Waals surface area contributed by atoms with Gasteiger partial charge in [-0.2, -0.15) is 13.2 Å². The van der Waals surface area contributed by atoms with Gasteiger partial charge in [0.15, 0.2) is 0 Å². The van der Waals surface area contributed by atoms with E-state index in [0.29, 0.717) is 35.8 Å². The highest BCUT2D eigenvalue weighted by Crippen LogP contribution is 2.33. The first-order valence-corrected chi connectivity index (χ1v) is 10.7. The summed E-state index contributed by atoms with van der Waals surface area (Å²) in [5, 5.41) is 17.0. The zero-order valence-electron chi connectivity index (χ0n) is 18.7. The van der Waals surface area contributed by atoms with E-state index in [0.717, 1.165) is 41.2 Å². The zero-order chi connectivity index (χ0) is 25.2. The smallest absolute Gasteiger partial charge is 0.418 e. The Labute approximate surface area is 197 Å². The van der Waals surface area contributed by atoms with Crippen molar-refractivity contribution in [3.63, 3.8) is 0 Å². The van der Waals surface area contributed by atoms with Crippen LogP contribution in [0.3, 0.4) is 0 Å². The summed E-state index contributed by atoms with van der Waals surface area (Å²) in [6.45, 7) is 0.956. The molecule has 0 fully saturated rings. The van der Waals surface area contributed by atoms with Crippen LogP contribution >= 0.6 is 0 Å². The second-order valence-electron chi connectivity index (χ2n) is 7.98.